The van der Waals surface area contributed by atoms with Crippen LogP contribution in [0.1, 0.15) is 0 Å². The van der Waals surface area contributed by atoms with Crippen LogP contribution in [0.3, 0.4) is 0 Å². The Kier molecular flexibility index (Phi) is 7.36. The zero-order valence-corrected chi connectivity index (χ0v) is 34.7. The minimum atomic E-state index is 1.13. The van der Waals surface area contributed by atoms with E-state index in [9.17, 15) is 0 Å². The number of fused-ring (bicyclic) bond motifs is 13. The number of rotatable bonds is 5. The molecule has 0 atom stereocenters. The first-order valence-electron chi connectivity index (χ1n) is 22.0. The van der Waals surface area contributed by atoms with Gasteiger partial charge in [0.25, 0.3) is 0 Å². The molecule has 4 heterocycles. The molecular weight excluding hydrogens is 777 g/mol. The summed E-state index contributed by atoms with van der Waals surface area (Å²) in [7, 11) is 0. The molecule has 0 bridgehead atoms. The van der Waals surface area contributed by atoms with Gasteiger partial charge in [0, 0.05) is 65.8 Å². The Hall–Kier alpha value is -8.60. The van der Waals surface area contributed by atoms with Crippen molar-refractivity contribution in [2.24, 2.45) is 0 Å². The van der Waals surface area contributed by atoms with Crippen LogP contribution in [0.25, 0.3) is 121 Å². The topological polar surface area (TPSA) is 19.7 Å². The largest absolute Gasteiger partial charge is 0.309 e. The normalized spacial score (nSPS) is 12.1. The summed E-state index contributed by atoms with van der Waals surface area (Å²) in [6.07, 6.45) is 0. The molecule has 4 aromatic heterocycles. The molecule has 0 fully saturated rings. The van der Waals surface area contributed by atoms with Crippen molar-refractivity contribution in [1.29, 1.82) is 0 Å². The van der Waals surface area contributed by atoms with E-state index < -0.39 is 0 Å². The van der Waals surface area contributed by atoms with Crippen LogP contribution in [0.5, 0.6) is 0 Å². The van der Waals surface area contributed by atoms with Crippen LogP contribution in [0.2, 0.25) is 0 Å². The highest BCUT2D eigenvalue weighted by Crippen LogP contribution is 2.43. The van der Waals surface area contributed by atoms with Gasteiger partial charge in [0.2, 0.25) is 0 Å². The van der Waals surface area contributed by atoms with Gasteiger partial charge < -0.3 is 18.3 Å². The summed E-state index contributed by atoms with van der Waals surface area (Å²) in [5, 5.41) is 9.99. The molecule has 14 rings (SSSR count). The average Bonchev–Trinajstić information content (AvgIpc) is 4.09. The Morgan fingerprint density at radius 1 is 0.188 bits per heavy atom. The molecule has 0 aliphatic rings. The predicted octanol–water partition coefficient (Wildman–Crippen LogP) is 15.7. The van der Waals surface area contributed by atoms with Crippen molar-refractivity contribution in [2.45, 2.75) is 0 Å². The third kappa shape index (κ3) is 4.93. The van der Waals surface area contributed by atoms with E-state index in [-0.39, 0.29) is 0 Å². The fraction of sp³-hybridized carbons (Fsp3) is 0. The predicted molar refractivity (Wildman–Crippen MR) is 269 cm³/mol. The zero-order chi connectivity index (χ0) is 41.9. The van der Waals surface area contributed by atoms with E-state index in [1.54, 1.807) is 0 Å². The Morgan fingerprint density at radius 2 is 0.484 bits per heavy atom. The Bertz CT molecular complexity index is 4150. The second-order valence-electron chi connectivity index (χ2n) is 16.9. The van der Waals surface area contributed by atoms with Crippen LogP contribution in [0.15, 0.2) is 231 Å². The highest BCUT2D eigenvalue weighted by Gasteiger charge is 2.22. The number of hydrogen-bond donors (Lipinski definition) is 0. The molecule has 0 aliphatic heterocycles. The van der Waals surface area contributed by atoms with Gasteiger partial charge in [-0.2, -0.15) is 0 Å². The van der Waals surface area contributed by atoms with Crippen LogP contribution in [-0.4, -0.2) is 18.3 Å². The number of para-hydroxylation sites is 6. The lowest BCUT2D eigenvalue weighted by Gasteiger charge is -2.13. The van der Waals surface area contributed by atoms with Gasteiger partial charge in [0.15, 0.2) is 0 Å². The van der Waals surface area contributed by atoms with Crippen molar-refractivity contribution in [3.8, 4) is 33.9 Å². The zero-order valence-electron chi connectivity index (χ0n) is 34.7. The van der Waals surface area contributed by atoms with Crippen molar-refractivity contribution in [1.82, 2.24) is 18.3 Å². The van der Waals surface area contributed by atoms with Crippen molar-refractivity contribution in [2.75, 3.05) is 0 Å². The lowest BCUT2D eigenvalue weighted by Crippen LogP contribution is -1.98. The maximum absolute atomic E-state index is 2.47. The van der Waals surface area contributed by atoms with Crippen LogP contribution >= 0.6 is 0 Å². The molecule has 10 aromatic carbocycles. The first-order chi connectivity index (χ1) is 31.8. The Labute approximate surface area is 368 Å². The fourth-order valence-electron chi connectivity index (χ4n) is 10.8. The number of hydrogen-bond acceptors (Lipinski definition) is 0. The van der Waals surface area contributed by atoms with Crippen LogP contribution in [0, 0.1) is 0 Å². The van der Waals surface area contributed by atoms with E-state index in [0.29, 0.717) is 0 Å². The van der Waals surface area contributed by atoms with Crippen LogP contribution < -0.4 is 0 Å². The maximum atomic E-state index is 2.47. The van der Waals surface area contributed by atoms with Crippen molar-refractivity contribution in [3.05, 3.63) is 231 Å². The van der Waals surface area contributed by atoms with Gasteiger partial charge in [0.1, 0.15) is 0 Å². The summed E-state index contributed by atoms with van der Waals surface area (Å²) in [6.45, 7) is 0. The average molecular weight is 815 g/mol. The summed E-state index contributed by atoms with van der Waals surface area (Å²) < 4.78 is 9.75. The monoisotopic (exact) mass is 814 g/mol. The minimum absolute atomic E-state index is 1.13. The number of benzene rings is 10. The molecule has 298 valence electrons. The van der Waals surface area contributed by atoms with E-state index in [2.05, 4.69) is 249 Å². The van der Waals surface area contributed by atoms with Crippen molar-refractivity contribution >= 4 is 87.2 Å². The molecule has 0 unspecified atom stereocenters. The first-order valence-corrected chi connectivity index (χ1v) is 22.0. The van der Waals surface area contributed by atoms with E-state index in [0.717, 1.165) is 17.1 Å². The number of nitrogens with zero attached hydrogens (tertiary/aromatic N) is 4. The van der Waals surface area contributed by atoms with Gasteiger partial charge in [-0.05, 0) is 96.1 Å². The quantitative estimate of drug-likeness (QED) is 0.165. The SMILES string of the molecule is c1ccc(-n2c3ccccc3c3cc4c(cc32)c2ccccc2n4-c2ccc(-c3ccc(-n4c5ccccc5c5ccc6c7ccccc7n(-c7ccccc7)c6c54)cc3)cc2)cc1. The maximum Gasteiger partial charge on any atom is 0.0788 e. The van der Waals surface area contributed by atoms with Gasteiger partial charge in [-0.15, -0.1) is 0 Å². The molecule has 0 N–H and O–H groups in total. The molecule has 64 heavy (non-hydrogen) atoms. The summed E-state index contributed by atoms with van der Waals surface area (Å²) in [5.41, 5.74) is 16.6. The molecule has 0 spiro atoms. The molecule has 4 heteroatoms. The lowest BCUT2D eigenvalue weighted by molar-refractivity contribution is 1.15. The van der Waals surface area contributed by atoms with Crippen molar-refractivity contribution in [3.63, 3.8) is 0 Å². The first kappa shape index (κ1) is 35.0. The smallest absolute Gasteiger partial charge is 0.0788 e. The molecule has 0 aliphatic carbocycles. The molecule has 0 amide bonds. The van der Waals surface area contributed by atoms with E-state index in [1.165, 1.54) is 104 Å². The van der Waals surface area contributed by atoms with Gasteiger partial charge >= 0.3 is 0 Å². The summed E-state index contributed by atoms with van der Waals surface area (Å²) in [6, 6.07) is 84.3. The molecular formula is C60H38N4. The minimum Gasteiger partial charge on any atom is -0.309 e. The number of aromatic nitrogens is 4. The molecule has 14 aromatic rings. The molecule has 4 nitrogen and oxygen atoms in total. The summed E-state index contributed by atoms with van der Waals surface area (Å²) in [4.78, 5) is 0. The van der Waals surface area contributed by atoms with E-state index in [4.69, 9.17) is 0 Å². The third-order valence-electron chi connectivity index (χ3n) is 13.5. The van der Waals surface area contributed by atoms with Gasteiger partial charge in [-0.25, -0.2) is 0 Å². The van der Waals surface area contributed by atoms with Gasteiger partial charge in [-0.3, -0.25) is 0 Å². The van der Waals surface area contributed by atoms with Crippen LogP contribution in [-0.2, 0) is 0 Å². The van der Waals surface area contributed by atoms with E-state index >= 15 is 0 Å². The molecule has 0 radical (unpaired) electrons. The lowest BCUT2D eigenvalue weighted by atomic mass is 10.0. The van der Waals surface area contributed by atoms with E-state index in [1.807, 2.05) is 0 Å². The standard InChI is InChI=1S/C60H38N4/c1-3-15-41(16-4-1)61-53-23-11-9-21-47(53)51-38-58-52(37-57(51)61)48-22-10-12-24-54(48)62(58)43-31-27-39(28-32-43)40-29-33-44(34-30-40)64-56-26-14-8-20-46(56)50-36-35-49-45-19-7-13-25-55(45)63(59(49)60(50)64)42-17-5-2-6-18-42/h1-38H. The van der Waals surface area contributed by atoms with Gasteiger partial charge in [-0.1, -0.05) is 146 Å². The second-order valence-corrected chi connectivity index (χ2v) is 16.9. The van der Waals surface area contributed by atoms with Gasteiger partial charge in [0.05, 0.1) is 44.1 Å². The third-order valence-corrected chi connectivity index (χ3v) is 13.5. The molecule has 0 saturated carbocycles. The van der Waals surface area contributed by atoms with Crippen LogP contribution in [0.4, 0.5) is 0 Å². The second kappa shape index (κ2) is 13.4. The van der Waals surface area contributed by atoms with Crippen molar-refractivity contribution < 1.29 is 0 Å². The Balaban J connectivity index is 0.907. The molecule has 0 saturated heterocycles. The summed E-state index contributed by atoms with van der Waals surface area (Å²) >= 11 is 0. The Morgan fingerprint density at radius 3 is 0.891 bits per heavy atom. The fourth-order valence-corrected chi connectivity index (χ4v) is 10.8. The summed E-state index contributed by atoms with van der Waals surface area (Å²) in [5.74, 6) is 0. The highest BCUT2D eigenvalue weighted by atomic mass is 15.0. The highest BCUT2D eigenvalue weighted by molar-refractivity contribution is 6.24.